The van der Waals surface area contributed by atoms with E-state index in [2.05, 4.69) is 18.2 Å². The van der Waals surface area contributed by atoms with Crippen LogP contribution < -0.4 is 0 Å². The molecule has 68 valence electrons. The fraction of sp³-hybridized carbons (Fsp3) is 0.167. The van der Waals surface area contributed by atoms with E-state index in [9.17, 15) is 0 Å². The Kier molecular flexibility index (Phi) is 3.78. The van der Waals surface area contributed by atoms with Gasteiger partial charge in [-0.2, -0.15) is 0 Å². The lowest BCUT2D eigenvalue weighted by Crippen LogP contribution is -1.79. The molecular formula is C12H13Cl. The maximum absolute atomic E-state index is 5.89. The molecule has 0 N–H and O–H groups in total. The normalized spacial score (nSPS) is 12.4. The molecule has 1 rings (SSSR count). The molecule has 13 heavy (non-hydrogen) atoms. The number of allylic oxidation sites excluding steroid dienone is 4. The highest BCUT2D eigenvalue weighted by Gasteiger charge is 1.96. The van der Waals surface area contributed by atoms with Gasteiger partial charge in [0.15, 0.2) is 0 Å². The first-order valence-electron chi connectivity index (χ1n) is 4.33. The van der Waals surface area contributed by atoms with Crippen LogP contribution in [0, 0.1) is 0 Å². The van der Waals surface area contributed by atoms with E-state index in [4.69, 9.17) is 11.6 Å². The second-order valence-corrected chi connectivity index (χ2v) is 3.19. The van der Waals surface area contributed by atoms with Gasteiger partial charge < -0.3 is 0 Å². The Hall–Kier alpha value is -1.01. The summed E-state index contributed by atoms with van der Waals surface area (Å²) in [7, 11) is 0. The van der Waals surface area contributed by atoms with Crippen molar-refractivity contribution < 1.29 is 0 Å². The monoisotopic (exact) mass is 192 g/mol. The number of hydrogen-bond donors (Lipinski definition) is 0. The maximum atomic E-state index is 5.89. The molecule has 1 aromatic rings. The van der Waals surface area contributed by atoms with Crippen molar-refractivity contribution in [2.75, 3.05) is 0 Å². The van der Waals surface area contributed by atoms with Crippen molar-refractivity contribution >= 4 is 17.2 Å². The second kappa shape index (κ2) is 4.88. The van der Waals surface area contributed by atoms with E-state index in [0.717, 1.165) is 10.6 Å². The van der Waals surface area contributed by atoms with Crippen LogP contribution in [0.4, 0.5) is 0 Å². The average Bonchev–Trinajstić information content (AvgIpc) is 2.14. The summed E-state index contributed by atoms with van der Waals surface area (Å²) in [5.74, 6) is 0. The van der Waals surface area contributed by atoms with E-state index < -0.39 is 0 Å². The van der Waals surface area contributed by atoms with E-state index in [1.54, 1.807) is 0 Å². The van der Waals surface area contributed by atoms with Gasteiger partial charge in [-0.3, -0.25) is 0 Å². The van der Waals surface area contributed by atoms with Crippen LogP contribution in [-0.2, 0) is 0 Å². The standard InChI is InChI=1S/C12H13Cl/c1-3-6-10(4-2)11-7-5-8-12(13)9-11/h3-9H,1-2H3. The predicted octanol–water partition coefficient (Wildman–Crippen LogP) is 4.32. The van der Waals surface area contributed by atoms with Gasteiger partial charge in [0.1, 0.15) is 0 Å². The summed E-state index contributed by atoms with van der Waals surface area (Å²) in [6.07, 6.45) is 6.17. The average molecular weight is 193 g/mol. The van der Waals surface area contributed by atoms with E-state index in [-0.39, 0.29) is 0 Å². The summed E-state index contributed by atoms with van der Waals surface area (Å²) < 4.78 is 0. The first-order chi connectivity index (χ1) is 6.27. The van der Waals surface area contributed by atoms with Crippen LogP contribution in [0.3, 0.4) is 0 Å². The van der Waals surface area contributed by atoms with Crippen LogP contribution in [0.25, 0.3) is 5.57 Å². The summed E-state index contributed by atoms with van der Waals surface area (Å²) in [6.45, 7) is 4.03. The fourth-order valence-corrected chi connectivity index (χ4v) is 1.40. The smallest absolute Gasteiger partial charge is 0.0412 e. The van der Waals surface area contributed by atoms with Gasteiger partial charge in [-0.1, -0.05) is 42.0 Å². The third kappa shape index (κ3) is 2.74. The molecule has 0 aromatic heterocycles. The summed E-state index contributed by atoms with van der Waals surface area (Å²) in [4.78, 5) is 0. The van der Waals surface area contributed by atoms with Crippen LogP contribution >= 0.6 is 11.6 Å². The molecule has 0 radical (unpaired) electrons. The van der Waals surface area contributed by atoms with E-state index in [0.29, 0.717) is 0 Å². The SMILES string of the molecule is CC=CC(=CC)c1cccc(Cl)c1. The number of rotatable bonds is 2. The highest BCUT2D eigenvalue weighted by atomic mass is 35.5. The van der Waals surface area contributed by atoms with Crippen molar-refractivity contribution in [3.05, 3.63) is 53.1 Å². The highest BCUT2D eigenvalue weighted by molar-refractivity contribution is 6.30. The molecule has 0 atom stereocenters. The third-order valence-electron chi connectivity index (χ3n) is 1.82. The Morgan fingerprint density at radius 2 is 2.08 bits per heavy atom. The van der Waals surface area contributed by atoms with Gasteiger partial charge >= 0.3 is 0 Å². The van der Waals surface area contributed by atoms with Crippen LogP contribution in [0.1, 0.15) is 19.4 Å². The molecule has 0 bridgehead atoms. The molecule has 0 aliphatic heterocycles. The molecule has 1 aromatic carbocycles. The lowest BCUT2D eigenvalue weighted by Gasteiger charge is -2.01. The predicted molar refractivity (Wildman–Crippen MR) is 59.9 cm³/mol. The van der Waals surface area contributed by atoms with E-state index in [1.807, 2.05) is 38.1 Å². The number of benzene rings is 1. The largest absolute Gasteiger partial charge is 0.0871 e. The van der Waals surface area contributed by atoms with E-state index >= 15 is 0 Å². The Labute approximate surface area is 84.5 Å². The van der Waals surface area contributed by atoms with E-state index in [1.165, 1.54) is 5.57 Å². The van der Waals surface area contributed by atoms with Crippen LogP contribution in [0.15, 0.2) is 42.5 Å². The molecule has 0 amide bonds. The molecule has 0 nitrogen and oxygen atoms in total. The van der Waals surface area contributed by atoms with Crippen molar-refractivity contribution in [1.82, 2.24) is 0 Å². The maximum Gasteiger partial charge on any atom is 0.0412 e. The number of hydrogen-bond acceptors (Lipinski definition) is 0. The minimum atomic E-state index is 0.779. The fourth-order valence-electron chi connectivity index (χ4n) is 1.21. The number of halogens is 1. The van der Waals surface area contributed by atoms with Gasteiger partial charge in [-0.05, 0) is 37.1 Å². The zero-order chi connectivity index (χ0) is 9.68. The Balaban J connectivity index is 3.06. The van der Waals surface area contributed by atoms with Gasteiger partial charge in [0.05, 0.1) is 0 Å². The van der Waals surface area contributed by atoms with Crippen molar-refractivity contribution in [3.63, 3.8) is 0 Å². The van der Waals surface area contributed by atoms with Crippen molar-refractivity contribution in [2.24, 2.45) is 0 Å². The van der Waals surface area contributed by atoms with Gasteiger partial charge in [0.2, 0.25) is 0 Å². The molecule has 1 heteroatoms. The van der Waals surface area contributed by atoms with Crippen molar-refractivity contribution in [1.29, 1.82) is 0 Å². The first kappa shape index (κ1) is 10.1. The Morgan fingerprint density at radius 3 is 2.62 bits per heavy atom. The van der Waals surface area contributed by atoms with Gasteiger partial charge in [0.25, 0.3) is 0 Å². The second-order valence-electron chi connectivity index (χ2n) is 2.75. The summed E-state index contributed by atoms with van der Waals surface area (Å²) >= 11 is 5.89. The Bertz CT molecular complexity index is 335. The zero-order valence-electron chi connectivity index (χ0n) is 7.92. The molecule has 0 saturated heterocycles. The lowest BCUT2D eigenvalue weighted by atomic mass is 10.1. The molecule has 0 heterocycles. The Morgan fingerprint density at radius 1 is 1.31 bits per heavy atom. The minimum Gasteiger partial charge on any atom is -0.0871 e. The quantitative estimate of drug-likeness (QED) is 0.613. The lowest BCUT2D eigenvalue weighted by molar-refractivity contribution is 1.58. The van der Waals surface area contributed by atoms with Crippen LogP contribution in [0.5, 0.6) is 0 Å². The topological polar surface area (TPSA) is 0 Å². The van der Waals surface area contributed by atoms with Gasteiger partial charge in [-0.15, -0.1) is 0 Å². The summed E-state index contributed by atoms with van der Waals surface area (Å²) in [5.41, 5.74) is 2.36. The third-order valence-corrected chi connectivity index (χ3v) is 2.05. The molecule has 0 saturated carbocycles. The molecule has 0 aliphatic rings. The molecule has 0 fully saturated rings. The van der Waals surface area contributed by atoms with Crippen LogP contribution in [-0.4, -0.2) is 0 Å². The van der Waals surface area contributed by atoms with Crippen LogP contribution in [0.2, 0.25) is 5.02 Å². The van der Waals surface area contributed by atoms with Crippen molar-refractivity contribution in [3.8, 4) is 0 Å². The van der Waals surface area contributed by atoms with Crippen molar-refractivity contribution in [2.45, 2.75) is 13.8 Å². The summed E-state index contributed by atoms with van der Waals surface area (Å²) in [6, 6.07) is 7.87. The molecule has 0 unspecified atom stereocenters. The molecular weight excluding hydrogens is 180 g/mol. The molecule has 0 aliphatic carbocycles. The van der Waals surface area contributed by atoms with Gasteiger partial charge in [0, 0.05) is 5.02 Å². The highest BCUT2D eigenvalue weighted by Crippen LogP contribution is 2.19. The molecule has 0 spiro atoms. The van der Waals surface area contributed by atoms with Gasteiger partial charge in [-0.25, -0.2) is 0 Å². The zero-order valence-corrected chi connectivity index (χ0v) is 8.68. The first-order valence-corrected chi connectivity index (χ1v) is 4.70. The summed E-state index contributed by atoms with van der Waals surface area (Å²) in [5, 5.41) is 0.779. The minimum absolute atomic E-state index is 0.779.